The van der Waals surface area contributed by atoms with E-state index in [2.05, 4.69) is 4.74 Å². The number of aliphatic hydroxyl groups excluding tert-OH is 1. The van der Waals surface area contributed by atoms with E-state index in [4.69, 9.17) is 10.4 Å². The molecule has 0 aliphatic rings. The number of nitriles is 1. The predicted octanol–water partition coefficient (Wildman–Crippen LogP) is 0.807. The van der Waals surface area contributed by atoms with Crippen LogP contribution < -0.4 is 0 Å². The van der Waals surface area contributed by atoms with E-state index < -0.39 is 11.9 Å². The second kappa shape index (κ2) is 5.13. The van der Waals surface area contributed by atoms with Crippen LogP contribution in [0.15, 0.2) is 24.3 Å². The zero-order valence-corrected chi connectivity index (χ0v) is 8.30. The molecule has 1 N–H and O–H groups in total. The number of nitrogens with zero attached hydrogens (tertiary/aromatic N) is 1. The molecular formula is C11H11NO3. The zero-order chi connectivity index (χ0) is 11.3. The second-order valence-electron chi connectivity index (χ2n) is 2.99. The summed E-state index contributed by atoms with van der Waals surface area (Å²) in [5, 5.41) is 17.6. The van der Waals surface area contributed by atoms with Crippen molar-refractivity contribution in [3.8, 4) is 6.07 Å². The Labute approximate surface area is 87.7 Å². The van der Waals surface area contributed by atoms with Gasteiger partial charge in [0.25, 0.3) is 0 Å². The van der Waals surface area contributed by atoms with Crippen LogP contribution in [-0.2, 0) is 9.53 Å². The quantitative estimate of drug-likeness (QED) is 0.741. The Hall–Kier alpha value is -1.86. The molecule has 0 amide bonds. The number of methoxy groups -OCH3 is 1. The minimum Gasteiger partial charge on any atom is -0.468 e. The zero-order valence-electron chi connectivity index (χ0n) is 8.30. The van der Waals surface area contributed by atoms with Crippen molar-refractivity contribution in [1.82, 2.24) is 0 Å². The van der Waals surface area contributed by atoms with Crippen LogP contribution in [0.2, 0.25) is 0 Å². The van der Waals surface area contributed by atoms with Crippen LogP contribution in [-0.4, -0.2) is 24.8 Å². The first kappa shape index (κ1) is 11.2. The molecule has 1 rings (SSSR count). The van der Waals surface area contributed by atoms with Crippen molar-refractivity contribution in [3.05, 3.63) is 35.4 Å². The highest BCUT2D eigenvalue weighted by molar-refractivity contribution is 5.78. The highest BCUT2D eigenvalue weighted by Crippen LogP contribution is 2.17. The fourth-order valence-electron chi connectivity index (χ4n) is 1.25. The van der Waals surface area contributed by atoms with Crippen molar-refractivity contribution < 1.29 is 14.6 Å². The summed E-state index contributed by atoms with van der Waals surface area (Å²) >= 11 is 0. The molecule has 0 aromatic heterocycles. The van der Waals surface area contributed by atoms with Crippen molar-refractivity contribution in [1.29, 1.82) is 5.26 Å². The van der Waals surface area contributed by atoms with E-state index in [1.54, 1.807) is 24.3 Å². The van der Waals surface area contributed by atoms with Gasteiger partial charge in [-0.2, -0.15) is 5.26 Å². The van der Waals surface area contributed by atoms with Crippen molar-refractivity contribution in [2.45, 2.75) is 5.92 Å². The summed E-state index contributed by atoms with van der Waals surface area (Å²) in [6.45, 7) is -0.307. The summed E-state index contributed by atoms with van der Waals surface area (Å²) in [5.74, 6) is -1.16. The molecule has 0 aliphatic carbocycles. The summed E-state index contributed by atoms with van der Waals surface area (Å²) < 4.78 is 4.55. The first-order valence-corrected chi connectivity index (χ1v) is 4.41. The molecule has 1 atom stereocenters. The SMILES string of the molecule is COC(=O)C(CO)c1ccc(C#N)cc1. The molecule has 0 bridgehead atoms. The van der Waals surface area contributed by atoms with Gasteiger partial charge in [-0.15, -0.1) is 0 Å². The summed E-state index contributed by atoms with van der Waals surface area (Å²) in [6, 6.07) is 8.44. The maximum atomic E-state index is 11.3. The van der Waals surface area contributed by atoms with Gasteiger partial charge in [0.2, 0.25) is 0 Å². The van der Waals surface area contributed by atoms with Gasteiger partial charge in [0, 0.05) is 0 Å². The summed E-state index contributed by atoms with van der Waals surface area (Å²) in [5.41, 5.74) is 1.16. The Morgan fingerprint density at radius 1 is 1.53 bits per heavy atom. The molecule has 78 valence electrons. The lowest BCUT2D eigenvalue weighted by molar-refractivity contribution is -0.143. The monoisotopic (exact) mass is 205 g/mol. The number of benzene rings is 1. The molecule has 4 nitrogen and oxygen atoms in total. The van der Waals surface area contributed by atoms with E-state index in [-0.39, 0.29) is 6.61 Å². The number of carbonyl (C=O) groups excluding carboxylic acids is 1. The number of ether oxygens (including phenoxy) is 1. The molecule has 1 aromatic rings. The van der Waals surface area contributed by atoms with Crippen LogP contribution >= 0.6 is 0 Å². The molecule has 4 heteroatoms. The maximum Gasteiger partial charge on any atom is 0.315 e. The lowest BCUT2D eigenvalue weighted by Crippen LogP contribution is -2.17. The third kappa shape index (κ3) is 2.55. The summed E-state index contributed by atoms with van der Waals surface area (Å²) in [6.07, 6.45) is 0. The number of hydrogen-bond acceptors (Lipinski definition) is 4. The van der Waals surface area contributed by atoms with Gasteiger partial charge in [-0.3, -0.25) is 4.79 Å². The van der Waals surface area contributed by atoms with Gasteiger partial charge in [-0.25, -0.2) is 0 Å². The minimum absolute atomic E-state index is 0.307. The Morgan fingerprint density at radius 2 is 2.13 bits per heavy atom. The van der Waals surface area contributed by atoms with Gasteiger partial charge in [0.15, 0.2) is 0 Å². The smallest absolute Gasteiger partial charge is 0.315 e. The number of esters is 1. The third-order valence-corrected chi connectivity index (χ3v) is 2.11. The van der Waals surface area contributed by atoms with Crippen molar-refractivity contribution in [2.75, 3.05) is 13.7 Å². The van der Waals surface area contributed by atoms with Crippen LogP contribution in [0.3, 0.4) is 0 Å². The summed E-state index contributed by atoms with van der Waals surface area (Å²) in [7, 11) is 1.27. The average molecular weight is 205 g/mol. The number of rotatable bonds is 3. The highest BCUT2D eigenvalue weighted by Gasteiger charge is 2.19. The summed E-state index contributed by atoms with van der Waals surface area (Å²) in [4.78, 5) is 11.3. The van der Waals surface area contributed by atoms with E-state index in [0.717, 1.165) is 0 Å². The van der Waals surface area contributed by atoms with Gasteiger partial charge in [-0.05, 0) is 17.7 Å². The molecule has 0 heterocycles. The van der Waals surface area contributed by atoms with E-state index in [0.29, 0.717) is 11.1 Å². The van der Waals surface area contributed by atoms with E-state index in [9.17, 15) is 4.79 Å². The topological polar surface area (TPSA) is 70.3 Å². The normalized spacial score (nSPS) is 11.5. The average Bonchev–Trinajstić information content (AvgIpc) is 2.30. The van der Waals surface area contributed by atoms with E-state index in [1.165, 1.54) is 7.11 Å². The van der Waals surface area contributed by atoms with Crippen molar-refractivity contribution in [2.24, 2.45) is 0 Å². The first-order valence-electron chi connectivity index (χ1n) is 4.41. The molecule has 0 fully saturated rings. The fraction of sp³-hybridized carbons (Fsp3) is 0.273. The fourth-order valence-corrected chi connectivity index (χ4v) is 1.25. The molecule has 0 spiro atoms. The number of aliphatic hydroxyl groups is 1. The molecule has 15 heavy (non-hydrogen) atoms. The Kier molecular flexibility index (Phi) is 3.83. The molecule has 0 saturated heterocycles. The highest BCUT2D eigenvalue weighted by atomic mass is 16.5. The lowest BCUT2D eigenvalue weighted by atomic mass is 9.99. The van der Waals surface area contributed by atoms with Crippen LogP contribution in [0.4, 0.5) is 0 Å². The lowest BCUT2D eigenvalue weighted by Gasteiger charge is -2.11. The molecule has 1 aromatic carbocycles. The van der Waals surface area contributed by atoms with Crippen LogP contribution in [0.25, 0.3) is 0 Å². The van der Waals surface area contributed by atoms with Gasteiger partial charge in [0.1, 0.15) is 5.92 Å². The van der Waals surface area contributed by atoms with Gasteiger partial charge < -0.3 is 9.84 Å². The standard InChI is InChI=1S/C11H11NO3/c1-15-11(14)10(7-13)9-4-2-8(6-12)3-5-9/h2-5,10,13H,7H2,1H3. The molecule has 0 radical (unpaired) electrons. The second-order valence-corrected chi connectivity index (χ2v) is 2.99. The van der Waals surface area contributed by atoms with E-state index >= 15 is 0 Å². The number of carbonyl (C=O) groups is 1. The Balaban J connectivity index is 2.94. The minimum atomic E-state index is -0.678. The predicted molar refractivity (Wildman–Crippen MR) is 53.0 cm³/mol. The van der Waals surface area contributed by atoms with Crippen LogP contribution in [0, 0.1) is 11.3 Å². The Bertz CT molecular complexity index is 378. The van der Waals surface area contributed by atoms with Gasteiger partial charge >= 0.3 is 5.97 Å². The van der Waals surface area contributed by atoms with Crippen LogP contribution in [0.5, 0.6) is 0 Å². The first-order chi connectivity index (χ1) is 7.22. The molecule has 0 aliphatic heterocycles. The largest absolute Gasteiger partial charge is 0.468 e. The van der Waals surface area contributed by atoms with E-state index in [1.807, 2.05) is 6.07 Å². The van der Waals surface area contributed by atoms with Crippen molar-refractivity contribution >= 4 is 5.97 Å². The number of hydrogen-bond donors (Lipinski definition) is 1. The Morgan fingerprint density at radius 3 is 2.53 bits per heavy atom. The van der Waals surface area contributed by atoms with Crippen molar-refractivity contribution in [3.63, 3.8) is 0 Å². The van der Waals surface area contributed by atoms with Gasteiger partial charge in [-0.1, -0.05) is 12.1 Å². The van der Waals surface area contributed by atoms with Crippen LogP contribution in [0.1, 0.15) is 17.0 Å². The molecular weight excluding hydrogens is 194 g/mol. The van der Waals surface area contributed by atoms with Gasteiger partial charge in [0.05, 0.1) is 25.3 Å². The maximum absolute atomic E-state index is 11.3. The molecule has 1 unspecified atom stereocenters. The third-order valence-electron chi connectivity index (χ3n) is 2.11. The molecule has 0 saturated carbocycles.